The van der Waals surface area contributed by atoms with Gasteiger partial charge in [0, 0.05) is 36.0 Å². The van der Waals surface area contributed by atoms with Gasteiger partial charge in [0.25, 0.3) is 11.8 Å². The van der Waals surface area contributed by atoms with E-state index in [0.29, 0.717) is 17.9 Å². The first-order valence-corrected chi connectivity index (χ1v) is 12.2. The van der Waals surface area contributed by atoms with Gasteiger partial charge in [-0.1, -0.05) is 11.8 Å². The zero-order valence-corrected chi connectivity index (χ0v) is 21.3. The van der Waals surface area contributed by atoms with Gasteiger partial charge < -0.3 is 15.0 Å². The smallest absolute Gasteiger partial charge is 0.270 e. The quantitative estimate of drug-likeness (QED) is 0.562. The molecule has 1 atom stereocenters. The molecule has 8 heteroatoms. The van der Waals surface area contributed by atoms with Crippen molar-refractivity contribution in [3.05, 3.63) is 69.4 Å². The molecule has 1 aliphatic heterocycles. The van der Waals surface area contributed by atoms with E-state index in [1.54, 1.807) is 36.7 Å². The van der Waals surface area contributed by atoms with Crippen LogP contribution in [0.2, 0.25) is 0 Å². The third-order valence-electron chi connectivity index (χ3n) is 5.35. The first-order chi connectivity index (χ1) is 16.6. The van der Waals surface area contributed by atoms with E-state index in [0.717, 1.165) is 21.8 Å². The Morgan fingerprint density at radius 2 is 2.09 bits per heavy atom. The van der Waals surface area contributed by atoms with Crippen LogP contribution in [0.25, 0.3) is 0 Å². The van der Waals surface area contributed by atoms with Gasteiger partial charge in [-0.05, 0) is 63.6 Å². The van der Waals surface area contributed by atoms with E-state index in [2.05, 4.69) is 27.1 Å². The number of aromatic nitrogens is 2. The molecule has 0 radical (unpaired) electrons. The molecule has 2 amide bonds. The van der Waals surface area contributed by atoms with Gasteiger partial charge in [0.2, 0.25) is 0 Å². The average Bonchev–Trinajstić information content (AvgIpc) is 3.18. The number of fused-ring (bicyclic) bond motifs is 1. The van der Waals surface area contributed by atoms with Crippen LogP contribution in [0, 0.1) is 24.2 Å². The number of hydrogen-bond acceptors (Lipinski definition) is 6. The fourth-order valence-electron chi connectivity index (χ4n) is 3.58. The lowest BCUT2D eigenvalue weighted by Crippen LogP contribution is -2.49. The van der Waals surface area contributed by atoms with E-state index >= 15 is 0 Å². The Labute approximate surface area is 209 Å². The summed E-state index contributed by atoms with van der Waals surface area (Å²) in [6.45, 7) is 8.10. The van der Waals surface area contributed by atoms with Gasteiger partial charge >= 0.3 is 0 Å². The highest BCUT2D eigenvalue weighted by Gasteiger charge is 2.31. The number of rotatable bonds is 4. The maximum atomic E-state index is 13.2. The van der Waals surface area contributed by atoms with Crippen LogP contribution < -0.4 is 15.0 Å². The highest BCUT2D eigenvalue weighted by atomic mass is 32.1. The second-order valence-electron chi connectivity index (χ2n) is 9.50. The third-order valence-corrected chi connectivity index (χ3v) is 6.17. The lowest BCUT2D eigenvalue weighted by atomic mass is 9.97. The van der Waals surface area contributed by atoms with Gasteiger partial charge in [0.05, 0.1) is 16.4 Å². The summed E-state index contributed by atoms with van der Waals surface area (Å²) in [5, 5.41) is 5.79. The molecular formula is C27H28N4O3S. The molecule has 4 rings (SSSR count). The molecule has 3 aromatic rings. The normalized spacial score (nSPS) is 15.4. The van der Waals surface area contributed by atoms with Crippen molar-refractivity contribution in [1.29, 1.82) is 0 Å². The highest BCUT2D eigenvalue weighted by Crippen LogP contribution is 2.31. The molecule has 1 aromatic carbocycles. The first kappa shape index (κ1) is 24.4. The van der Waals surface area contributed by atoms with E-state index in [4.69, 9.17) is 4.74 Å². The predicted octanol–water partition coefficient (Wildman–Crippen LogP) is 3.99. The van der Waals surface area contributed by atoms with Crippen LogP contribution in [0.4, 0.5) is 5.69 Å². The molecule has 0 bridgehead atoms. The molecule has 0 spiro atoms. The van der Waals surface area contributed by atoms with Crippen LogP contribution in [0.5, 0.6) is 5.75 Å². The summed E-state index contributed by atoms with van der Waals surface area (Å²) in [6.07, 6.45) is 2.20. The molecule has 0 saturated heterocycles. The number of thiazole rings is 1. The number of anilines is 1. The number of pyridine rings is 1. The fraction of sp³-hybridized carbons (Fsp3) is 0.333. The molecular weight excluding hydrogens is 460 g/mol. The Bertz CT molecular complexity index is 1330. The number of hydrogen-bond donors (Lipinski definition) is 1. The van der Waals surface area contributed by atoms with Crippen LogP contribution >= 0.6 is 11.3 Å². The van der Waals surface area contributed by atoms with Crippen molar-refractivity contribution in [3.8, 4) is 17.6 Å². The summed E-state index contributed by atoms with van der Waals surface area (Å²) in [5.41, 5.74) is 3.39. The molecule has 1 N–H and O–H groups in total. The second-order valence-corrected chi connectivity index (χ2v) is 10.6. The number of nitrogens with zero attached hydrogens (tertiary/aromatic N) is 3. The minimum atomic E-state index is -0.851. The maximum absolute atomic E-state index is 13.2. The highest BCUT2D eigenvalue weighted by molar-refractivity contribution is 7.09. The summed E-state index contributed by atoms with van der Waals surface area (Å²) in [4.78, 5) is 36.3. The molecule has 180 valence electrons. The zero-order valence-electron chi connectivity index (χ0n) is 20.5. The van der Waals surface area contributed by atoms with E-state index in [1.165, 1.54) is 4.90 Å². The van der Waals surface area contributed by atoms with Crippen molar-refractivity contribution in [3.63, 3.8) is 0 Å². The minimum Gasteiger partial charge on any atom is -0.489 e. The van der Waals surface area contributed by atoms with Crippen molar-refractivity contribution in [2.45, 2.75) is 40.2 Å². The first-order valence-electron chi connectivity index (χ1n) is 11.3. The van der Waals surface area contributed by atoms with Crippen LogP contribution in [0.3, 0.4) is 0 Å². The van der Waals surface area contributed by atoms with Crippen molar-refractivity contribution < 1.29 is 14.3 Å². The number of carbonyl (C=O) groups is 2. The van der Waals surface area contributed by atoms with Gasteiger partial charge in [-0.2, -0.15) is 0 Å². The number of nitrogens with one attached hydrogen (secondary N) is 1. The molecule has 35 heavy (non-hydrogen) atoms. The topological polar surface area (TPSA) is 84.4 Å². The van der Waals surface area contributed by atoms with Gasteiger partial charge in [0.15, 0.2) is 0 Å². The van der Waals surface area contributed by atoms with Gasteiger partial charge in [-0.15, -0.1) is 11.3 Å². The second kappa shape index (κ2) is 9.88. The van der Waals surface area contributed by atoms with Crippen molar-refractivity contribution in [2.75, 3.05) is 18.6 Å². The number of aryl methyl sites for hydroxylation is 1. The lowest BCUT2D eigenvalue weighted by molar-refractivity contribution is -0.120. The number of amides is 2. The van der Waals surface area contributed by atoms with Gasteiger partial charge in [0.1, 0.15) is 24.1 Å². The fourth-order valence-corrected chi connectivity index (χ4v) is 4.19. The SMILES string of the molecule is Cc1nc(Cc2ccnc(C(=O)NC3COc4ccc(C#CC(C)(C)C)cc4N(C)C3=O)c2)cs1. The number of ether oxygens (including phenoxy) is 1. The molecule has 2 aromatic heterocycles. The zero-order chi connectivity index (χ0) is 25.2. The molecule has 0 saturated carbocycles. The van der Waals surface area contributed by atoms with Gasteiger partial charge in [-0.25, -0.2) is 4.98 Å². The van der Waals surface area contributed by atoms with Crippen molar-refractivity contribution in [1.82, 2.24) is 15.3 Å². The van der Waals surface area contributed by atoms with Crippen molar-refractivity contribution >= 4 is 28.8 Å². The van der Waals surface area contributed by atoms with Crippen molar-refractivity contribution in [2.24, 2.45) is 5.41 Å². The van der Waals surface area contributed by atoms with Gasteiger partial charge in [-0.3, -0.25) is 14.6 Å². The Balaban J connectivity index is 1.48. The molecule has 1 aliphatic rings. The van der Waals surface area contributed by atoms with E-state index in [1.807, 2.05) is 51.3 Å². The Morgan fingerprint density at radius 1 is 1.29 bits per heavy atom. The maximum Gasteiger partial charge on any atom is 0.270 e. The molecule has 7 nitrogen and oxygen atoms in total. The monoisotopic (exact) mass is 488 g/mol. The largest absolute Gasteiger partial charge is 0.489 e. The summed E-state index contributed by atoms with van der Waals surface area (Å²) < 4.78 is 5.89. The minimum absolute atomic E-state index is 0.0206. The van der Waals surface area contributed by atoms with E-state index in [9.17, 15) is 9.59 Å². The standard InChI is InChI=1S/C27H28N4O3S/c1-17-29-20(16-35-17)12-19-9-11-28-21(13-19)25(32)30-22-15-34-24-7-6-18(8-10-27(2,3)4)14-23(24)31(5)26(22)33/h6-7,9,11,13-14,16,22H,12,15H2,1-5H3,(H,30,32). The molecule has 0 aliphatic carbocycles. The molecule has 3 heterocycles. The van der Waals surface area contributed by atoms with Crippen LogP contribution in [0.1, 0.15) is 53.1 Å². The Morgan fingerprint density at radius 3 is 2.80 bits per heavy atom. The van der Waals surface area contributed by atoms with E-state index < -0.39 is 11.9 Å². The summed E-state index contributed by atoms with van der Waals surface area (Å²) in [5.74, 6) is 6.22. The predicted molar refractivity (Wildman–Crippen MR) is 137 cm³/mol. The average molecular weight is 489 g/mol. The third kappa shape index (κ3) is 6.06. The Kier molecular flexibility index (Phi) is 6.90. The number of benzene rings is 1. The molecule has 1 unspecified atom stereocenters. The molecule has 0 fully saturated rings. The van der Waals surface area contributed by atoms with E-state index in [-0.39, 0.29) is 23.6 Å². The Hall–Kier alpha value is -3.70. The summed E-state index contributed by atoms with van der Waals surface area (Å²) in [6, 6.07) is 8.24. The number of carbonyl (C=O) groups excluding carboxylic acids is 2. The summed E-state index contributed by atoms with van der Waals surface area (Å²) in [7, 11) is 1.67. The lowest BCUT2D eigenvalue weighted by Gasteiger charge is -2.20. The van der Waals surface area contributed by atoms with Crippen LogP contribution in [0.15, 0.2) is 41.9 Å². The number of likely N-dealkylation sites (N-methyl/N-ethyl adjacent to an activating group) is 1. The van der Waals surface area contributed by atoms with Crippen LogP contribution in [-0.4, -0.2) is 41.5 Å². The van der Waals surface area contributed by atoms with Crippen LogP contribution in [-0.2, 0) is 11.2 Å². The summed E-state index contributed by atoms with van der Waals surface area (Å²) >= 11 is 1.59.